The number of nitrogens with one attached hydrogen (secondary N) is 1. The van der Waals surface area contributed by atoms with E-state index in [9.17, 15) is 4.79 Å². The van der Waals surface area contributed by atoms with E-state index in [2.05, 4.69) is 12.2 Å². The minimum absolute atomic E-state index is 0.292. The zero-order valence-corrected chi connectivity index (χ0v) is 9.65. The van der Waals surface area contributed by atoms with Crippen molar-refractivity contribution in [3.05, 3.63) is 30.3 Å². The van der Waals surface area contributed by atoms with E-state index in [0.29, 0.717) is 6.54 Å². The molecule has 0 saturated carbocycles. The standard InChI is InChI=1S/C13H19NO2/c1-2-3-7-11(13(15)16)10-14-12-8-5-4-6-9-12/h4-6,8-9,11,14H,2-3,7,10H2,1H3,(H,15,16). The SMILES string of the molecule is CCCCC(CNc1ccccc1)C(=O)O. The third-order valence-electron chi connectivity index (χ3n) is 2.58. The van der Waals surface area contributed by atoms with Gasteiger partial charge in [0.15, 0.2) is 0 Å². The van der Waals surface area contributed by atoms with Crippen molar-refractivity contribution < 1.29 is 9.90 Å². The Labute approximate surface area is 96.5 Å². The highest BCUT2D eigenvalue weighted by Crippen LogP contribution is 2.11. The molecule has 16 heavy (non-hydrogen) atoms. The van der Waals surface area contributed by atoms with Crippen molar-refractivity contribution >= 4 is 11.7 Å². The molecular weight excluding hydrogens is 202 g/mol. The number of hydrogen-bond acceptors (Lipinski definition) is 2. The first kappa shape index (κ1) is 12.6. The second-order valence-corrected chi connectivity index (χ2v) is 3.92. The van der Waals surface area contributed by atoms with Gasteiger partial charge in [0.2, 0.25) is 0 Å². The van der Waals surface area contributed by atoms with Gasteiger partial charge in [-0.3, -0.25) is 4.79 Å². The van der Waals surface area contributed by atoms with E-state index in [1.807, 2.05) is 30.3 Å². The average molecular weight is 221 g/mol. The van der Waals surface area contributed by atoms with Crippen LogP contribution in [0.2, 0.25) is 0 Å². The lowest BCUT2D eigenvalue weighted by atomic mass is 10.0. The third kappa shape index (κ3) is 4.34. The fourth-order valence-corrected chi connectivity index (χ4v) is 1.56. The Morgan fingerprint density at radius 3 is 2.62 bits per heavy atom. The van der Waals surface area contributed by atoms with E-state index in [4.69, 9.17) is 5.11 Å². The number of unbranched alkanes of at least 4 members (excludes halogenated alkanes) is 1. The fourth-order valence-electron chi connectivity index (χ4n) is 1.56. The summed E-state index contributed by atoms with van der Waals surface area (Å²) in [5.74, 6) is -1.00. The lowest BCUT2D eigenvalue weighted by Crippen LogP contribution is -2.22. The molecule has 1 atom stereocenters. The second kappa shape index (κ2) is 6.88. The number of aliphatic carboxylic acids is 1. The molecule has 3 heteroatoms. The molecule has 0 radical (unpaired) electrons. The summed E-state index contributed by atoms with van der Waals surface area (Å²) in [6.45, 7) is 2.57. The first-order valence-electron chi connectivity index (χ1n) is 5.75. The van der Waals surface area contributed by atoms with Crippen LogP contribution in [0.4, 0.5) is 5.69 Å². The Balaban J connectivity index is 2.41. The molecule has 0 aromatic heterocycles. The predicted octanol–water partition coefficient (Wildman–Crippen LogP) is 2.99. The molecule has 88 valence electrons. The zero-order chi connectivity index (χ0) is 11.8. The predicted molar refractivity (Wildman–Crippen MR) is 65.6 cm³/mol. The summed E-state index contributed by atoms with van der Waals surface area (Å²) in [6.07, 6.45) is 2.74. The van der Waals surface area contributed by atoms with Crippen LogP contribution in [0, 0.1) is 5.92 Å². The van der Waals surface area contributed by atoms with Gasteiger partial charge in [-0.25, -0.2) is 0 Å². The molecule has 0 heterocycles. The zero-order valence-electron chi connectivity index (χ0n) is 9.65. The van der Waals surface area contributed by atoms with Crippen molar-refractivity contribution in [2.24, 2.45) is 5.92 Å². The Morgan fingerprint density at radius 1 is 1.38 bits per heavy atom. The summed E-state index contributed by atoms with van der Waals surface area (Å²) in [4.78, 5) is 11.0. The van der Waals surface area contributed by atoms with E-state index >= 15 is 0 Å². The van der Waals surface area contributed by atoms with Gasteiger partial charge in [0.1, 0.15) is 0 Å². The lowest BCUT2D eigenvalue weighted by molar-refractivity contribution is -0.141. The number of hydrogen-bond donors (Lipinski definition) is 2. The largest absolute Gasteiger partial charge is 0.481 e. The Hall–Kier alpha value is -1.51. The Bertz CT molecular complexity index is 311. The van der Waals surface area contributed by atoms with Crippen LogP contribution >= 0.6 is 0 Å². The van der Waals surface area contributed by atoms with Gasteiger partial charge in [0.25, 0.3) is 0 Å². The second-order valence-electron chi connectivity index (χ2n) is 3.92. The van der Waals surface area contributed by atoms with Gasteiger partial charge in [-0.05, 0) is 18.6 Å². The highest BCUT2D eigenvalue weighted by molar-refractivity contribution is 5.70. The number of para-hydroxylation sites is 1. The number of carbonyl (C=O) groups is 1. The van der Waals surface area contributed by atoms with Crippen molar-refractivity contribution in [1.82, 2.24) is 0 Å². The molecule has 1 unspecified atom stereocenters. The molecule has 0 spiro atoms. The molecule has 2 N–H and O–H groups in total. The smallest absolute Gasteiger partial charge is 0.308 e. The number of carboxylic acids is 1. The van der Waals surface area contributed by atoms with Crippen molar-refractivity contribution in [1.29, 1.82) is 0 Å². The Morgan fingerprint density at radius 2 is 2.06 bits per heavy atom. The van der Waals surface area contributed by atoms with E-state index in [1.165, 1.54) is 0 Å². The molecule has 1 aromatic carbocycles. The molecule has 3 nitrogen and oxygen atoms in total. The van der Waals surface area contributed by atoms with Crippen LogP contribution in [0.1, 0.15) is 26.2 Å². The number of carboxylic acid groups (broad SMARTS) is 1. The molecule has 0 saturated heterocycles. The molecule has 0 aliphatic rings. The maximum absolute atomic E-state index is 11.0. The maximum Gasteiger partial charge on any atom is 0.308 e. The van der Waals surface area contributed by atoms with E-state index < -0.39 is 5.97 Å². The maximum atomic E-state index is 11.0. The van der Waals surface area contributed by atoms with Crippen LogP contribution in [0.25, 0.3) is 0 Å². The summed E-state index contributed by atoms with van der Waals surface area (Å²) in [5.41, 5.74) is 0.977. The number of rotatable bonds is 7. The van der Waals surface area contributed by atoms with Gasteiger partial charge in [0, 0.05) is 12.2 Å². The van der Waals surface area contributed by atoms with E-state index in [1.54, 1.807) is 0 Å². The highest BCUT2D eigenvalue weighted by atomic mass is 16.4. The van der Waals surface area contributed by atoms with Gasteiger partial charge in [-0.2, -0.15) is 0 Å². The minimum Gasteiger partial charge on any atom is -0.481 e. The lowest BCUT2D eigenvalue weighted by Gasteiger charge is -2.13. The minimum atomic E-state index is -0.711. The summed E-state index contributed by atoms with van der Waals surface area (Å²) >= 11 is 0. The first-order valence-corrected chi connectivity index (χ1v) is 5.75. The van der Waals surface area contributed by atoms with E-state index in [0.717, 1.165) is 24.9 Å². The molecule has 0 bridgehead atoms. The van der Waals surface area contributed by atoms with Gasteiger partial charge < -0.3 is 10.4 Å². The van der Waals surface area contributed by atoms with Crippen LogP contribution in [0.15, 0.2) is 30.3 Å². The Kier molecular flexibility index (Phi) is 5.40. The van der Waals surface area contributed by atoms with Crippen molar-refractivity contribution in [2.75, 3.05) is 11.9 Å². The summed E-state index contributed by atoms with van der Waals surface area (Å²) in [5, 5.41) is 12.2. The van der Waals surface area contributed by atoms with Crippen LogP contribution in [0.5, 0.6) is 0 Å². The molecular formula is C13H19NO2. The fraction of sp³-hybridized carbons (Fsp3) is 0.462. The van der Waals surface area contributed by atoms with Crippen LogP contribution < -0.4 is 5.32 Å². The topological polar surface area (TPSA) is 49.3 Å². The summed E-state index contributed by atoms with van der Waals surface area (Å²) in [7, 11) is 0. The van der Waals surface area contributed by atoms with Crippen LogP contribution in [-0.4, -0.2) is 17.6 Å². The summed E-state index contributed by atoms with van der Waals surface area (Å²) < 4.78 is 0. The first-order chi connectivity index (χ1) is 7.74. The average Bonchev–Trinajstić information content (AvgIpc) is 2.30. The highest BCUT2D eigenvalue weighted by Gasteiger charge is 2.15. The molecule has 0 aliphatic carbocycles. The van der Waals surface area contributed by atoms with Gasteiger partial charge in [0.05, 0.1) is 5.92 Å². The normalized spacial score (nSPS) is 12.1. The van der Waals surface area contributed by atoms with Crippen molar-refractivity contribution in [2.45, 2.75) is 26.2 Å². The quantitative estimate of drug-likeness (QED) is 0.744. The van der Waals surface area contributed by atoms with Gasteiger partial charge in [-0.1, -0.05) is 38.0 Å². The molecule has 1 aromatic rings. The van der Waals surface area contributed by atoms with Crippen molar-refractivity contribution in [3.63, 3.8) is 0 Å². The number of benzene rings is 1. The molecule has 0 amide bonds. The van der Waals surface area contributed by atoms with Crippen molar-refractivity contribution in [3.8, 4) is 0 Å². The monoisotopic (exact) mass is 221 g/mol. The van der Waals surface area contributed by atoms with E-state index in [-0.39, 0.29) is 5.92 Å². The number of anilines is 1. The van der Waals surface area contributed by atoms with Gasteiger partial charge in [-0.15, -0.1) is 0 Å². The summed E-state index contributed by atoms with van der Waals surface area (Å²) in [6, 6.07) is 9.70. The van der Waals surface area contributed by atoms with Crippen LogP contribution in [-0.2, 0) is 4.79 Å². The van der Waals surface area contributed by atoms with Gasteiger partial charge >= 0.3 is 5.97 Å². The molecule has 1 rings (SSSR count). The van der Waals surface area contributed by atoms with Crippen LogP contribution in [0.3, 0.4) is 0 Å². The molecule has 0 fully saturated rings. The third-order valence-corrected chi connectivity index (χ3v) is 2.58. The molecule has 0 aliphatic heterocycles.